The molecule has 0 bridgehead atoms. The highest BCUT2D eigenvalue weighted by Gasteiger charge is 2.56. The number of imide groups is 1. The molecule has 3 aromatic carbocycles. The number of halogens is 2. The second kappa shape index (κ2) is 10.0. The number of benzene rings is 3. The molecule has 202 valence electrons. The molecule has 2 aliphatic rings. The van der Waals surface area contributed by atoms with Crippen molar-refractivity contribution < 1.29 is 28.3 Å². The van der Waals surface area contributed by atoms with Crippen molar-refractivity contribution in [1.82, 2.24) is 4.57 Å². The molecule has 0 unspecified atom stereocenters. The molecule has 40 heavy (non-hydrogen) atoms. The van der Waals surface area contributed by atoms with E-state index < -0.39 is 51.3 Å². The number of hydrogen-bond acceptors (Lipinski definition) is 7. The smallest absolute Gasteiger partial charge is 0.308 e. The molecule has 1 aromatic heterocycles. The molecule has 0 aliphatic carbocycles. The Morgan fingerprint density at radius 2 is 1.50 bits per heavy atom. The molecule has 3 heterocycles. The number of carbonyl (C=O) groups is 3. The van der Waals surface area contributed by atoms with Crippen LogP contribution < -0.4 is 15.1 Å². The quantitative estimate of drug-likeness (QED) is 0.269. The second-order valence-electron chi connectivity index (χ2n) is 9.30. The SMILES string of the molecule is O=C(Cn1c2c(sc1=O)[C@@H](c1ccc(F)cc1)[C@@H]1C(=O)N(c3ccc(F)cc3)C(=O)[C@@H]1S2)Nc1ccc(O)cc1. The van der Waals surface area contributed by atoms with Gasteiger partial charge < -0.3 is 10.4 Å². The lowest BCUT2D eigenvalue weighted by atomic mass is 9.83. The molecule has 1 saturated heterocycles. The standard InChI is InChI=1S/C28H19F2N3O5S2/c29-15-3-1-14(2-4-15)21-22-23(26(37)33(25(22)36)18-9-5-16(30)6-10-18)39-27-24(21)40-28(38)32(27)13-20(35)31-17-7-11-19(34)12-8-17/h1-12,21-23,34H,13H2,(H,31,35)/t21-,22-,23+/m0/s1. The van der Waals surface area contributed by atoms with E-state index in [2.05, 4.69) is 5.32 Å². The normalized spacial score (nSPS) is 19.9. The van der Waals surface area contributed by atoms with Crippen molar-refractivity contribution in [2.45, 2.75) is 22.7 Å². The Hall–Kier alpha value is -4.29. The molecule has 8 nitrogen and oxygen atoms in total. The summed E-state index contributed by atoms with van der Waals surface area (Å²) in [5.41, 5.74) is 1.18. The molecule has 0 radical (unpaired) electrons. The minimum atomic E-state index is -0.930. The first-order chi connectivity index (χ1) is 19.2. The number of carbonyl (C=O) groups excluding carboxylic acids is 3. The molecule has 3 amide bonds. The molecular weight excluding hydrogens is 560 g/mol. The van der Waals surface area contributed by atoms with Gasteiger partial charge in [-0.25, -0.2) is 13.7 Å². The molecule has 2 aliphatic heterocycles. The maximum absolute atomic E-state index is 13.8. The molecule has 2 N–H and O–H groups in total. The van der Waals surface area contributed by atoms with Gasteiger partial charge in [0.1, 0.15) is 29.2 Å². The molecule has 4 aromatic rings. The summed E-state index contributed by atoms with van der Waals surface area (Å²) in [6, 6.07) is 16.4. The molecule has 3 atom stereocenters. The highest BCUT2D eigenvalue weighted by atomic mass is 32.2. The first-order valence-corrected chi connectivity index (χ1v) is 13.8. The van der Waals surface area contributed by atoms with Crippen LogP contribution in [0.15, 0.2) is 82.6 Å². The minimum Gasteiger partial charge on any atom is -0.508 e. The summed E-state index contributed by atoms with van der Waals surface area (Å²) in [7, 11) is 0. The van der Waals surface area contributed by atoms with Crippen LogP contribution in [0.5, 0.6) is 5.75 Å². The van der Waals surface area contributed by atoms with Gasteiger partial charge in [0.2, 0.25) is 17.7 Å². The van der Waals surface area contributed by atoms with Crippen LogP contribution in [0, 0.1) is 17.6 Å². The number of hydrogen-bond donors (Lipinski definition) is 2. The summed E-state index contributed by atoms with van der Waals surface area (Å²) >= 11 is 1.91. The van der Waals surface area contributed by atoms with Crippen LogP contribution in [0.4, 0.5) is 20.2 Å². The van der Waals surface area contributed by atoms with Gasteiger partial charge in [-0.3, -0.25) is 23.7 Å². The van der Waals surface area contributed by atoms with Crippen LogP contribution in [0.2, 0.25) is 0 Å². The molecule has 12 heteroatoms. The number of nitrogens with zero attached hydrogens (tertiary/aromatic N) is 2. The van der Waals surface area contributed by atoms with Crippen molar-refractivity contribution in [3.8, 4) is 5.75 Å². The molecule has 0 saturated carbocycles. The molecule has 6 rings (SSSR count). The summed E-state index contributed by atoms with van der Waals surface area (Å²) in [4.78, 5) is 54.5. The number of aromatic nitrogens is 1. The van der Waals surface area contributed by atoms with E-state index in [9.17, 15) is 33.1 Å². The van der Waals surface area contributed by atoms with Crippen molar-refractivity contribution in [2.24, 2.45) is 5.92 Å². The fourth-order valence-electron chi connectivity index (χ4n) is 5.02. The molecule has 0 spiro atoms. The van der Waals surface area contributed by atoms with Gasteiger partial charge in [0.25, 0.3) is 0 Å². The van der Waals surface area contributed by atoms with E-state index in [1.54, 1.807) is 0 Å². The Morgan fingerprint density at radius 3 is 2.15 bits per heavy atom. The van der Waals surface area contributed by atoms with E-state index >= 15 is 0 Å². The summed E-state index contributed by atoms with van der Waals surface area (Å²) in [6.45, 7) is -0.351. The van der Waals surface area contributed by atoms with Gasteiger partial charge in [0, 0.05) is 16.5 Å². The van der Waals surface area contributed by atoms with Crippen molar-refractivity contribution in [3.05, 3.63) is 105 Å². The summed E-state index contributed by atoms with van der Waals surface area (Å²) in [6.07, 6.45) is 0. The fourth-order valence-corrected chi connectivity index (χ4v) is 7.79. The van der Waals surface area contributed by atoms with E-state index in [1.807, 2.05) is 0 Å². The highest BCUT2D eigenvalue weighted by molar-refractivity contribution is 8.00. The van der Waals surface area contributed by atoms with Gasteiger partial charge in [-0.2, -0.15) is 0 Å². The average Bonchev–Trinajstić information content (AvgIpc) is 3.37. The van der Waals surface area contributed by atoms with Crippen molar-refractivity contribution in [2.75, 3.05) is 10.2 Å². The van der Waals surface area contributed by atoms with E-state index in [0.29, 0.717) is 21.2 Å². The van der Waals surface area contributed by atoms with Crippen LogP contribution in [0.3, 0.4) is 0 Å². The third kappa shape index (κ3) is 4.48. The molecular formula is C28H19F2N3O5S2. The number of amides is 3. The van der Waals surface area contributed by atoms with E-state index in [0.717, 1.165) is 40.1 Å². The number of thiazole rings is 1. The zero-order valence-corrected chi connectivity index (χ0v) is 22.0. The van der Waals surface area contributed by atoms with Gasteiger partial charge in [0.15, 0.2) is 0 Å². The van der Waals surface area contributed by atoms with Crippen LogP contribution in [0.25, 0.3) is 0 Å². The highest BCUT2D eigenvalue weighted by Crippen LogP contribution is 2.53. The lowest BCUT2D eigenvalue weighted by molar-refractivity contribution is -0.122. The number of aromatic hydroxyl groups is 1. The Balaban J connectivity index is 1.40. The fraction of sp³-hybridized carbons (Fsp3) is 0.143. The number of phenolic OH excluding ortho intramolecular Hbond substituents is 1. The Morgan fingerprint density at radius 1 is 0.875 bits per heavy atom. The van der Waals surface area contributed by atoms with Gasteiger partial charge in [-0.05, 0) is 66.2 Å². The van der Waals surface area contributed by atoms with Gasteiger partial charge in [-0.1, -0.05) is 35.2 Å². The monoisotopic (exact) mass is 579 g/mol. The lowest BCUT2D eigenvalue weighted by Gasteiger charge is -2.30. The number of anilines is 2. The summed E-state index contributed by atoms with van der Waals surface area (Å²) in [5, 5.41) is 11.6. The van der Waals surface area contributed by atoms with E-state index in [1.165, 1.54) is 65.2 Å². The number of thioether (sulfide) groups is 1. The largest absolute Gasteiger partial charge is 0.508 e. The maximum Gasteiger partial charge on any atom is 0.308 e. The van der Waals surface area contributed by atoms with Crippen molar-refractivity contribution in [3.63, 3.8) is 0 Å². The van der Waals surface area contributed by atoms with Crippen molar-refractivity contribution >= 4 is 52.2 Å². The first kappa shape index (κ1) is 26.0. The van der Waals surface area contributed by atoms with Crippen LogP contribution in [0.1, 0.15) is 16.4 Å². The van der Waals surface area contributed by atoms with E-state index in [4.69, 9.17) is 0 Å². The van der Waals surface area contributed by atoms with E-state index in [-0.39, 0.29) is 18.0 Å². The third-order valence-electron chi connectivity index (χ3n) is 6.82. The van der Waals surface area contributed by atoms with Crippen LogP contribution in [-0.2, 0) is 20.9 Å². The van der Waals surface area contributed by atoms with Crippen LogP contribution in [-0.4, -0.2) is 32.6 Å². The summed E-state index contributed by atoms with van der Waals surface area (Å²) in [5.74, 6) is -4.16. The predicted octanol–water partition coefficient (Wildman–Crippen LogP) is 4.33. The zero-order chi connectivity index (χ0) is 28.1. The number of phenols is 1. The number of nitrogens with one attached hydrogen (secondary N) is 1. The second-order valence-corrected chi connectivity index (χ2v) is 11.4. The predicted molar refractivity (Wildman–Crippen MR) is 146 cm³/mol. The minimum absolute atomic E-state index is 0.0318. The van der Waals surface area contributed by atoms with Crippen LogP contribution >= 0.6 is 23.1 Å². The lowest BCUT2D eigenvalue weighted by Crippen LogP contribution is -2.33. The third-order valence-corrected chi connectivity index (χ3v) is 9.42. The van der Waals surface area contributed by atoms with Gasteiger partial charge >= 0.3 is 4.87 Å². The molecule has 1 fully saturated rings. The van der Waals surface area contributed by atoms with Crippen molar-refractivity contribution in [1.29, 1.82) is 0 Å². The Kier molecular flexibility index (Phi) is 6.51. The van der Waals surface area contributed by atoms with Gasteiger partial charge in [-0.15, -0.1) is 0 Å². The Bertz CT molecular complexity index is 1700. The maximum atomic E-state index is 13.8. The first-order valence-electron chi connectivity index (χ1n) is 12.1. The summed E-state index contributed by atoms with van der Waals surface area (Å²) < 4.78 is 28.6. The number of rotatable bonds is 5. The number of fused-ring (bicyclic) bond motifs is 2. The average molecular weight is 580 g/mol. The topological polar surface area (TPSA) is 109 Å². The Labute approximate surface area is 233 Å². The van der Waals surface area contributed by atoms with Gasteiger partial charge in [0.05, 0.1) is 16.6 Å². The zero-order valence-electron chi connectivity index (χ0n) is 20.4.